The van der Waals surface area contributed by atoms with E-state index in [9.17, 15) is 9.59 Å². The molecule has 1 aliphatic heterocycles. The molecule has 1 aliphatic rings. The van der Waals surface area contributed by atoms with Gasteiger partial charge in [0.25, 0.3) is 0 Å². The van der Waals surface area contributed by atoms with Crippen molar-refractivity contribution in [1.29, 1.82) is 0 Å². The molecule has 23 heavy (non-hydrogen) atoms. The average molecular weight is 318 g/mol. The number of hydrogen-bond acceptors (Lipinski definition) is 4. The zero-order chi connectivity index (χ0) is 16.9. The van der Waals surface area contributed by atoms with Gasteiger partial charge >= 0.3 is 0 Å². The van der Waals surface area contributed by atoms with E-state index in [1.807, 2.05) is 39.0 Å². The first-order valence-corrected chi connectivity index (χ1v) is 8.06. The van der Waals surface area contributed by atoms with Crippen molar-refractivity contribution in [2.45, 2.75) is 27.2 Å². The van der Waals surface area contributed by atoms with Crippen LogP contribution < -0.4 is 10.2 Å². The lowest BCUT2D eigenvalue weighted by Crippen LogP contribution is -2.51. The van der Waals surface area contributed by atoms with Gasteiger partial charge in [0.2, 0.25) is 11.8 Å². The summed E-state index contributed by atoms with van der Waals surface area (Å²) in [5.41, 5.74) is -0.0680. The van der Waals surface area contributed by atoms with Crippen molar-refractivity contribution in [2.75, 3.05) is 37.6 Å². The van der Waals surface area contributed by atoms with Crippen molar-refractivity contribution < 1.29 is 9.59 Å². The molecule has 0 atom stereocenters. The van der Waals surface area contributed by atoms with E-state index in [4.69, 9.17) is 0 Å². The largest absolute Gasteiger partial charge is 0.353 e. The summed E-state index contributed by atoms with van der Waals surface area (Å²) >= 11 is 0. The lowest BCUT2D eigenvalue weighted by molar-refractivity contribution is -0.133. The van der Waals surface area contributed by atoms with Crippen molar-refractivity contribution in [3.8, 4) is 0 Å². The highest BCUT2D eigenvalue weighted by Crippen LogP contribution is 2.17. The van der Waals surface area contributed by atoms with E-state index < -0.39 is 0 Å². The quantitative estimate of drug-likeness (QED) is 0.908. The summed E-state index contributed by atoms with van der Waals surface area (Å²) in [6, 6.07) is 5.83. The fraction of sp³-hybridized carbons (Fsp3) is 0.588. The lowest BCUT2D eigenvalue weighted by Gasteiger charge is -2.35. The Balaban J connectivity index is 1.74. The van der Waals surface area contributed by atoms with Gasteiger partial charge in [0.1, 0.15) is 5.82 Å². The van der Waals surface area contributed by atoms with Crippen LogP contribution in [0.1, 0.15) is 27.2 Å². The number of rotatable bonds is 4. The first-order valence-electron chi connectivity index (χ1n) is 8.06. The molecule has 1 saturated heterocycles. The van der Waals surface area contributed by atoms with Crippen LogP contribution in [0.25, 0.3) is 0 Å². The molecule has 6 nitrogen and oxygen atoms in total. The summed E-state index contributed by atoms with van der Waals surface area (Å²) in [6.45, 7) is 8.94. The van der Waals surface area contributed by atoms with Crippen LogP contribution in [0, 0.1) is 5.41 Å². The van der Waals surface area contributed by atoms with Gasteiger partial charge < -0.3 is 15.1 Å². The molecule has 0 aromatic carbocycles. The highest BCUT2D eigenvalue weighted by molar-refractivity contribution is 5.85. The van der Waals surface area contributed by atoms with Crippen molar-refractivity contribution in [3.05, 3.63) is 24.4 Å². The molecule has 0 saturated carbocycles. The number of aromatic nitrogens is 1. The average Bonchev–Trinajstić information content (AvgIpc) is 2.52. The van der Waals surface area contributed by atoms with Crippen LogP contribution in [-0.4, -0.2) is 54.4 Å². The van der Waals surface area contributed by atoms with Gasteiger partial charge in [0.15, 0.2) is 0 Å². The molecule has 6 heteroatoms. The Bertz CT molecular complexity index is 531. The zero-order valence-corrected chi connectivity index (χ0v) is 14.2. The van der Waals surface area contributed by atoms with E-state index in [1.165, 1.54) is 0 Å². The van der Waals surface area contributed by atoms with Gasteiger partial charge in [-0.25, -0.2) is 4.98 Å². The van der Waals surface area contributed by atoms with Crippen LogP contribution in [-0.2, 0) is 9.59 Å². The summed E-state index contributed by atoms with van der Waals surface area (Å²) in [5.74, 6) is 0.851. The van der Waals surface area contributed by atoms with Crippen LogP contribution in [0.3, 0.4) is 0 Å². The van der Waals surface area contributed by atoms with Gasteiger partial charge in [-0.05, 0) is 17.5 Å². The molecule has 0 aliphatic carbocycles. The first kappa shape index (κ1) is 17.2. The maximum atomic E-state index is 12.2. The van der Waals surface area contributed by atoms with E-state index in [0.717, 1.165) is 18.9 Å². The summed E-state index contributed by atoms with van der Waals surface area (Å²) in [5, 5.41) is 2.72. The number of nitrogens with one attached hydrogen (secondary N) is 1. The normalized spacial score (nSPS) is 15.4. The minimum absolute atomic E-state index is 0.0204. The third-order valence-electron chi connectivity index (χ3n) is 3.73. The minimum Gasteiger partial charge on any atom is -0.353 e. The number of nitrogens with zero attached hydrogens (tertiary/aromatic N) is 3. The Morgan fingerprint density at radius 3 is 2.43 bits per heavy atom. The molecule has 1 fully saturated rings. The van der Waals surface area contributed by atoms with Gasteiger partial charge in [-0.1, -0.05) is 26.8 Å². The first-order chi connectivity index (χ1) is 10.8. The van der Waals surface area contributed by atoms with Gasteiger partial charge in [0, 0.05) is 38.8 Å². The molecule has 0 spiro atoms. The molecule has 0 radical (unpaired) electrons. The number of amides is 2. The lowest BCUT2D eigenvalue weighted by atomic mass is 9.92. The highest BCUT2D eigenvalue weighted by atomic mass is 16.2. The molecule has 1 aromatic heterocycles. The predicted molar refractivity (Wildman–Crippen MR) is 90.1 cm³/mol. The van der Waals surface area contributed by atoms with E-state index >= 15 is 0 Å². The maximum Gasteiger partial charge on any atom is 0.242 e. The number of anilines is 1. The second kappa shape index (κ2) is 7.44. The van der Waals surface area contributed by atoms with Crippen LogP contribution >= 0.6 is 0 Å². The second-order valence-electron chi connectivity index (χ2n) is 7.07. The highest BCUT2D eigenvalue weighted by Gasteiger charge is 2.22. The van der Waals surface area contributed by atoms with E-state index in [2.05, 4.69) is 15.2 Å². The Hall–Kier alpha value is -2.11. The van der Waals surface area contributed by atoms with E-state index in [1.54, 1.807) is 11.1 Å². The smallest absolute Gasteiger partial charge is 0.242 e. The van der Waals surface area contributed by atoms with Crippen LogP contribution in [0.2, 0.25) is 0 Å². The number of hydrogen-bond donors (Lipinski definition) is 1. The summed E-state index contributed by atoms with van der Waals surface area (Å²) in [4.78, 5) is 32.3. The van der Waals surface area contributed by atoms with Crippen molar-refractivity contribution in [2.24, 2.45) is 5.41 Å². The summed E-state index contributed by atoms with van der Waals surface area (Å²) in [7, 11) is 0. The molecular formula is C17H26N4O2. The Labute approximate surface area is 137 Å². The molecule has 2 rings (SSSR count). The molecule has 2 amide bonds. The van der Waals surface area contributed by atoms with Crippen LogP contribution in [0.4, 0.5) is 5.82 Å². The number of carbonyl (C=O) groups excluding carboxylic acids is 2. The van der Waals surface area contributed by atoms with E-state index in [0.29, 0.717) is 19.5 Å². The Kier molecular flexibility index (Phi) is 5.58. The zero-order valence-electron chi connectivity index (χ0n) is 14.2. The molecular weight excluding hydrogens is 292 g/mol. The van der Waals surface area contributed by atoms with Crippen LogP contribution in [0.15, 0.2) is 24.4 Å². The van der Waals surface area contributed by atoms with Crippen molar-refractivity contribution >= 4 is 17.6 Å². The third kappa shape index (κ3) is 5.54. The summed E-state index contributed by atoms with van der Waals surface area (Å²) < 4.78 is 0. The molecule has 0 bridgehead atoms. The molecule has 0 unspecified atom stereocenters. The third-order valence-corrected chi connectivity index (χ3v) is 3.73. The van der Waals surface area contributed by atoms with Gasteiger partial charge in [0.05, 0.1) is 6.54 Å². The summed E-state index contributed by atoms with van der Waals surface area (Å²) in [6.07, 6.45) is 2.20. The number of piperazine rings is 1. The fourth-order valence-corrected chi connectivity index (χ4v) is 2.56. The SMILES string of the molecule is CC(C)(C)CC(=O)NCC(=O)N1CCN(c2ccccn2)CC1. The Morgan fingerprint density at radius 1 is 1.17 bits per heavy atom. The molecule has 1 N–H and O–H groups in total. The van der Waals surface area contributed by atoms with Gasteiger partial charge in [-0.3, -0.25) is 9.59 Å². The van der Waals surface area contributed by atoms with Gasteiger partial charge in [-0.15, -0.1) is 0 Å². The number of carbonyl (C=O) groups is 2. The van der Waals surface area contributed by atoms with Crippen molar-refractivity contribution in [3.63, 3.8) is 0 Å². The maximum absolute atomic E-state index is 12.2. The standard InChI is InChI=1S/C17H26N4O2/c1-17(2,3)12-15(22)19-13-16(23)21-10-8-20(9-11-21)14-6-4-5-7-18-14/h4-7H,8-13H2,1-3H3,(H,19,22). The second-order valence-corrected chi connectivity index (χ2v) is 7.07. The Morgan fingerprint density at radius 2 is 1.87 bits per heavy atom. The van der Waals surface area contributed by atoms with E-state index in [-0.39, 0.29) is 23.8 Å². The number of pyridine rings is 1. The molecule has 1 aromatic rings. The molecule has 2 heterocycles. The van der Waals surface area contributed by atoms with Crippen molar-refractivity contribution in [1.82, 2.24) is 15.2 Å². The monoisotopic (exact) mass is 318 g/mol. The van der Waals surface area contributed by atoms with Gasteiger partial charge in [-0.2, -0.15) is 0 Å². The van der Waals surface area contributed by atoms with Crippen LogP contribution in [0.5, 0.6) is 0 Å². The fourth-order valence-electron chi connectivity index (χ4n) is 2.56. The minimum atomic E-state index is -0.0713. The topological polar surface area (TPSA) is 65.5 Å². The predicted octanol–water partition coefficient (Wildman–Crippen LogP) is 1.28. The molecule has 126 valence electrons.